The highest BCUT2D eigenvalue weighted by molar-refractivity contribution is 5.94. The second-order valence-electron chi connectivity index (χ2n) is 5.61. The van der Waals surface area contributed by atoms with E-state index in [1.807, 2.05) is 25.1 Å². The molecule has 0 radical (unpaired) electrons. The summed E-state index contributed by atoms with van der Waals surface area (Å²) in [6.07, 6.45) is 0.813. The normalized spacial score (nSPS) is 11.9. The molecule has 1 N–H and O–H groups in total. The molecule has 0 saturated heterocycles. The van der Waals surface area contributed by atoms with Gasteiger partial charge in [0, 0.05) is 5.69 Å². The number of ether oxygens (including phenoxy) is 2. The molecule has 0 bridgehead atoms. The van der Waals surface area contributed by atoms with Crippen LogP contribution in [0.25, 0.3) is 0 Å². The first-order valence-corrected chi connectivity index (χ1v) is 7.65. The zero-order valence-corrected chi connectivity index (χ0v) is 14.2. The van der Waals surface area contributed by atoms with Crippen molar-refractivity contribution in [2.24, 2.45) is 0 Å². The molecular formula is C18H25NO4. The van der Waals surface area contributed by atoms with Gasteiger partial charge in [-0.05, 0) is 30.9 Å². The number of nitrogens with one attached hydrogen (secondary N) is 1. The smallest absolute Gasteiger partial charge is 0.335 e. The van der Waals surface area contributed by atoms with Gasteiger partial charge in [-0.25, -0.2) is 4.79 Å². The third kappa shape index (κ3) is 5.87. The number of rotatable bonds is 8. The Morgan fingerprint density at radius 2 is 2.00 bits per heavy atom. The summed E-state index contributed by atoms with van der Waals surface area (Å²) in [5.41, 5.74) is 2.80. The maximum Gasteiger partial charge on any atom is 0.335 e. The fourth-order valence-electron chi connectivity index (χ4n) is 2.05. The predicted octanol–water partition coefficient (Wildman–Crippen LogP) is 3.19. The van der Waals surface area contributed by atoms with E-state index in [-0.39, 0.29) is 25.0 Å². The average Bonchev–Trinajstić information content (AvgIpc) is 2.51. The van der Waals surface area contributed by atoms with Crippen molar-refractivity contribution in [2.75, 3.05) is 18.5 Å². The number of carbonyl (C=O) groups is 2. The summed E-state index contributed by atoms with van der Waals surface area (Å²) >= 11 is 0. The van der Waals surface area contributed by atoms with E-state index in [0.29, 0.717) is 0 Å². The van der Waals surface area contributed by atoms with Crippen LogP contribution in [0.5, 0.6) is 0 Å². The fourth-order valence-corrected chi connectivity index (χ4v) is 2.05. The molecular weight excluding hydrogens is 294 g/mol. The second kappa shape index (κ2) is 9.10. The van der Waals surface area contributed by atoms with E-state index in [1.165, 1.54) is 0 Å². The molecule has 0 aliphatic rings. The minimum absolute atomic E-state index is 0.253. The first-order valence-electron chi connectivity index (χ1n) is 7.65. The van der Waals surface area contributed by atoms with Gasteiger partial charge in [0.1, 0.15) is 0 Å². The number of amides is 1. The zero-order valence-electron chi connectivity index (χ0n) is 14.2. The number of anilines is 1. The lowest BCUT2D eigenvalue weighted by atomic mass is 9.98. The van der Waals surface area contributed by atoms with E-state index in [4.69, 9.17) is 9.47 Å². The summed E-state index contributed by atoms with van der Waals surface area (Å²) in [5, 5.41) is 2.82. The molecule has 1 amide bonds. The Balaban J connectivity index is 2.61. The Morgan fingerprint density at radius 3 is 2.61 bits per heavy atom. The Bertz CT molecular complexity index is 566. The fraction of sp³-hybridized carbons (Fsp3) is 0.444. The molecule has 0 aliphatic heterocycles. The average molecular weight is 319 g/mol. The van der Waals surface area contributed by atoms with Crippen LogP contribution in [-0.4, -0.2) is 31.2 Å². The van der Waals surface area contributed by atoms with Crippen molar-refractivity contribution >= 4 is 17.6 Å². The highest BCUT2D eigenvalue weighted by atomic mass is 16.6. The van der Waals surface area contributed by atoms with E-state index in [9.17, 15) is 9.59 Å². The van der Waals surface area contributed by atoms with Gasteiger partial charge in [-0.1, -0.05) is 38.1 Å². The summed E-state index contributed by atoms with van der Waals surface area (Å²) in [6, 6.07) is 5.86. The van der Waals surface area contributed by atoms with Crippen LogP contribution in [-0.2, 0) is 19.1 Å². The molecule has 126 valence electrons. The van der Waals surface area contributed by atoms with Crippen molar-refractivity contribution in [1.82, 2.24) is 0 Å². The summed E-state index contributed by atoms with van der Waals surface area (Å²) in [5.74, 6) is -0.665. The Labute approximate surface area is 137 Å². The van der Waals surface area contributed by atoms with Crippen LogP contribution in [0, 0.1) is 6.92 Å². The largest absolute Gasteiger partial charge is 0.454 e. The number of benzene rings is 1. The summed E-state index contributed by atoms with van der Waals surface area (Å²) in [6.45, 7) is 11.0. The van der Waals surface area contributed by atoms with Gasteiger partial charge in [0.2, 0.25) is 0 Å². The lowest BCUT2D eigenvalue weighted by Gasteiger charge is -2.17. The van der Waals surface area contributed by atoms with E-state index in [0.717, 1.165) is 16.8 Å². The SMILES string of the molecule is C=CCOC(C)C(=O)OCC(=O)Nc1c(C)cccc1C(C)C. The van der Waals surface area contributed by atoms with Gasteiger partial charge >= 0.3 is 5.97 Å². The number of para-hydroxylation sites is 1. The third-order valence-electron chi connectivity index (χ3n) is 3.33. The molecule has 0 fully saturated rings. The van der Waals surface area contributed by atoms with Crippen molar-refractivity contribution < 1.29 is 19.1 Å². The molecule has 1 aromatic rings. The van der Waals surface area contributed by atoms with Gasteiger partial charge in [0.15, 0.2) is 12.7 Å². The lowest BCUT2D eigenvalue weighted by Crippen LogP contribution is -2.28. The van der Waals surface area contributed by atoms with Gasteiger partial charge in [-0.3, -0.25) is 4.79 Å². The zero-order chi connectivity index (χ0) is 17.4. The molecule has 1 unspecified atom stereocenters. The van der Waals surface area contributed by atoms with E-state index in [2.05, 4.69) is 25.7 Å². The first kappa shape index (κ1) is 18.9. The van der Waals surface area contributed by atoms with Crippen LogP contribution in [0.15, 0.2) is 30.9 Å². The van der Waals surface area contributed by atoms with Crippen LogP contribution in [0.1, 0.15) is 37.8 Å². The number of carbonyl (C=O) groups excluding carboxylic acids is 2. The van der Waals surface area contributed by atoms with Crippen LogP contribution >= 0.6 is 0 Å². The van der Waals surface area contributed by atoms with Crippen LogP contribution in [0.4, 0.5) is 5.69 Å². The monoisotopic (exact) mass is 319 g/mol. The quantitative estimate of drug-likeness (QED) is 0.590. The minimum Gasteiger partial charge on any atom is -0.454 e. The van der Waals surface area contributed by atoms with Crippen LogP contribution in [0.2, 0.25) is 0 Å². The molecule has 1 atom stereocenters. The van der Waals surface area contributed by atoms with Gasteiger partial charge < -0.3 is 14.8 Å². The minimum atomic E-state index is -0.731. The molecule has 0 aliphatic carbocycles. The molecule has 5 nitrogen and oxygen atoms in total. The van der Waals surface area contributed by atoms with Crippen LogP contribution in [0.3, 0.4) is 0 Å². The van der Waals surface area contributed by atoms with E-state index < -0.39 is 12.1 Å². The number of aryl methyl sites for hydroxylation is 1. The van der Waals surface area contributed by atoms with Gasteiger partial charge in [0.05, 0.1) is 6.61 Å². The van der Waals surface area contributed by atoms with E-state index >= 15 is 0 Å². The molecule has 0 saturated carbocycles. The summed E-state index contributed by atoms with van der Waals surface area (Å²) < 4.78 is 10.1. The third-order valence-corrected chi connectivity index (χ3v) is 3.33. The molecule has 1 rings (SSSR count). The van der Waals surface area contributed by atoms with Crippen molar-refractivity contribution in [3.05, 3.63) is 42.0 Å². The Morgan fingerprint density at radius 1 is 1.30 bits per heavy atom. The lowest BCUT2D eigenvalue weighted by molar-refractivity contribution is -0.157. The molecule has 0 aromatic heterocycles. The van der Waals surface area contributed by atoms with Gasteiger partial charge in [0.25, 0.3) is 5.91 Å². The summed E-state index contributed by atoms with van der Waals surface area (Å²) in [7, 11) is 0. The van der Waals surface area contributed by atoms with Crippen LogP contribution < -0.4 is 5.32 Å². The Hall–Kier alpha value is -2.14. The van der Waals surface area contributed by atoms with Gasteiger partial charge in [-0.15, -0.1) is 6.58 Å². The predicted molar refractivity (Wildman–Crippen MR) is 90.5 cm³/mol. The molecule has 23 heavy (non-hydrogen) atoms. The molecule has 5 heteroatoms. The maximum atomic E-state index is 12.0. The maximum absolute atomic E-state index is 12.0. The first-order chi connectivity index (χ1) is 10.9. The van der Waals surface area contributed by atoms with Crippen molar-refractivity contribution in [3.8, 4) is 0 Å². The molecule has 0 spiro atoms. The van der Waals surface area contributed by atoms with Crippen molar-refractivity contribution in [3.63, 3.8) is 0 Å². The van der Waals surface area contributed by atoms with Crippen molar-refractivity contribution in [2.45, 2.75) is 39.7 Å². The van der Waals surface area contributed by atoms with Crippen molar-refractivity contribution in [1.29, 1.82) is 0 Å². The number of esters is 1. The standard InChI is InChI=1S/C18H25NO4/c1-6-10-22-14(5)18(21)23-11-16(20)19-17-13(4)8-7-9-15(17)12(2)3/h6-9,12,14H,1,10-11H2,2-5H3,(H,19,20). The number of hydrogen-bond acceptors (Lipinski definition) is 4. The second-order valence-corrected chi connectivity index (χ2v) is 5.61. The molecule has 1 aromatic carbocycles. The Kier molecular flexibility index (Phi) is 7.48. The summed E-state index contributed by atoms with van der Waals surface area (Å²) in [4.78, 5) is 23.7. The van der Waals surface area contributed by atoms with E-state index in [1.54, 1.807) is 13.0 Å². The highest BCUT2D eigenvalue weighted by Crippen LogP contribution is 2.27. The van der Waals surface area contributed by atoms with Gasteiger partial charge in [-0.2, -0.15) is 0 Å². The highest BCUT2D eigenvalue weighted by Gasteiger charge is 2.17. The molecule has 0 heterocycles. The topological polar surface area (TPSA) is 64.6 Å². The number of hydrogen-bond donors (Lipinski definition) is 1.